The van der Waals surface area contributed by atoms with E-state index < -0.39 is 0 Å². The molecule has 0 amide bonds. The van der Waals surface area contributed by atoms with E-state index in [-0.39, 0.29) is 0 Å². The van der Waals surface area contributed by atoms with E-state index in [1.807, 2.05) is 0 Å². The average Bonchev–Trinajstić information content (AvgIpc) is 3.32. The molecule has 0 fully saturated rings. The Balaban J connectivity index is 1.25. The number of fused-ring (bicyclic) bond motifs is 3. The molecule has 0 unspecified atom stereocenters. The molecule has 11 rings (SSSR count). The van der Waals surface area contributed by atoms with E-state index in [1.54, 1.807) is 0 Å². The fourth-order valence-corrected chi connectivity index (χ4v) is 9.58. The van der Waals surface area contributed by atoms with Crippen molar-refractivity contribution in [2.45, 2.75) is 25.7 Å². The Morgan fingerprint density at radius 1 is 0.333 bits per heavy atom. The van der Waals surface area contributed by atoms with E-state index in [0.717, 1.165) is 59.8 Å². The lowest BCUT2D eigenvalue weighted by Gasteiger charge is -2.29. The molecule has 0 spiro atoms. The van der Waals surface area contributed by atoms with Gasteiger partial charge in [-0.2, -0.15) is 0 Å². The fraction of sp³-hybridized carbons (Fsp3) is 0.0690. The van der Waals surface area contributed by atoms with Crippen molar-refractivity contribution < 1.29 is 0 Å². The maximum atomic E-state index is 2.54. The third-order valence-corrected chi connectivity index (χ3v) is 12.3. The van der Waals surface area contributed by atoms with Gasteiger partial charge < -0.3 is 9.80 Å². The van der Waals surface area contributed by atoms with Gasteiger partial charge in [-0.25, -0.2) is 0 Å². The van der Waals surface area contributed by atoms with Crippen molar-refractivity contribution >= 4 is 72.0 Å². The Labute approximate surface area is 352 Å². The average molecular weight is 769 g/mol. The van der Waals surface area contributed by atoms with Crippen molar-refractivity contribution in [2.24, 2.45) is 0 Å². The van der Waals surface area contributed by atoms with Crippen molar-refractivity contribution in [3.05, 3.63) is 235 Å². The third kappa shape index (κ3) is 6.47. The number of para-hydroxylation sites is 4. The van der Waals surface area contributed by atoms with Gasteiger partial charge in [0.25, 0.3) is 0 Å². The molecule has 0 atom stereocenters. The van der Waals surface area contributed by atoms with Crippen molar-refractivity contribution in [1.82, 2.24) is 0 Å². The smallest absolute Gasteiger partial charge is 0.0468 e. The van der Waals surface area contributed by atoms with Gasteiger partial charge in [0.1, 0.15) is 0 Å². The van der Waals surface area contributed by atoms with Crippen LogP contribution in [0.2, 0.25) is 0 Å². The molecular weight excluding hydrogens is 725 g/mol. The Morgan fingerprint density at radius 3 is 1.40 bits per heavy atom. The van der Waals surface area contributed by atoms with E-state index in [2.05, 4.69) is 228 Å². The first kappa shape index (κ1) is 35.7. The van der Waals surface area contributed by atoms with Crippen LogP contribution in [0.1, 0.15) is 31.2 Å². The fourth-order valence-electron chi connectivity index (χ4n) is 9.58. The molecule has 0 radical (unpaired) electrons. The molecule has 286 valence electrons. The van der Waals surface area contributed by atoms with Crippen LogP contribution in [-0.4, -0.2) is 0 Å². The summed E-state index contributed by atoms with van der Waals surface area (Å²) in [6.45, 7) is 0. The molecule has 2 aliphatic carbocycles. The Hall–Kier alpha value is -7.42. The molecule has 2 nitrogen and oxygen atoms in total. The summed E-state index contributed by atoms with van der Waals surface area (Å²) in [6, 6.07) is 73.2. The summed E-state index contributed by atoms with van der Waals surface area (Å²) in [4.78, 5) is 4.78. The monoisotopic (exact) mass is 768 g/mol. The Morgan fingerprint density at radius 2 is 0.833 bits per heavy atom. The first-order chi connectivity index (χ1) is 29.8. The lowest BCUT2D eigenvalue weighted by Crippen LogP contribution is -2.10. The van der Waals surface area contributed by atoms with Crippen LogP contribution in [-0.2, 0) is 0 Å². The number of rotatable bonds is 8. The zero-order chi connectivity index (χ0) is 39.8. The number of nitrogens with zero attached hydrogens (tertiary/aromatic N) is 2. The van der Waals surface area contributed by atoms with Gasteiger partial charge in [-0.15, -0.1) is 0 Å². The zero-order valence-electron chi connectivity index (χ0n) is 33.5. The van der Waals surface area contributed by atoms with Gasteiger partial charge in [0.15, 0.2) is 0 Å². The van der Waals surface area contributed by atoms with Crippen LogP contribution >= 0.6 is 0 Å². The Kier molecular flexibility index (Phi) is 9.17. The van der Waals surface area contributed by atoms with Crippen molar-refractivity contribution in [3.8, 4) is 11.1 Å². The molecule has 0 aromatic heterocycles. The predicted molar refractivity (Wildman–Crippen MR) is 256 cm³/mol. The number of allylic oxidation sites excluding steroid dienone is 6. The lowest BCUT2D eigenvalue weighted by molar-refractivity contribution is 0.895. The van der Waals surface area contributed by atoms with Crippen molar-refractivity contribution in [2.75, 3.05) is 9.80 Å². The van der Waals surface area contributed by atoms with Gasteiger partial charge >= 0.3 is 0 Å². The zero-order valence-corrected chi connectivity index (χ0v) is 33.5. The van der Waals surface area contributed by atoms with Crippen LogP contribution in [0, 0.1) is 0 Å². The molecule has 0 aliphatic heterocycles. The van der Waals surface area contributed by atoms with Gasteiger partial charge in [0, 0.05) is 34.1 Å². The van der Waals surface area contributed by atoms with E-state index in [0.29, 0.717) is 0 Å². The van der Waals surface area contributed by atoms with E-state index in [9.17, 15) is 0 Å². The first-order valence-corrected chi connectivity index (χ1v) is 21.2. The molecule has 0 saturated carbocycles. The molecule has 9 aromatic carbocycles. The minimum Gasteiger partial charge on any atom is -0.310 e. The van der Waals surface area contributed by atoms with Crippen LogP contribution in [0.3, 0.4) is 0 Å². The molecule has 0 bridgehead atoms. The molecule has 0 saturated heterocycles. The standard InChI is InChI=1S/C58H44N2/c1-5-21-47(22-6-1)59(48-23-7-2-8-24-48)51-33-35-53-55(39-51)57(45-31-29-41-17-13-15-19-43(41)37-45)54-36-34-52(60(49-25-9-3-10-26-49)50-27-11-4-12-28-50)40-56(54)58(53)46-32-30-42-18-14-16-20-44(42)38-46/h1-15,17-19,21-29,31,33-40H,16,20,30,32H2. The van der Waals surface area contributed by atoms with Crippen LogP contribution in [0.5, 0.6) is 0 Å². The van der Waals surface area contributed by atoms with Gasteiger partial charge in [-0.05, 0) is 170 Å². The number of anilines is 6. The second-order valence-electron chi connectivity index (χ2n) is 15.9. The molecular formula is C58H44N2. The number of hydrogen-bond donors (Lipinski definition) is 0. The summed E-state index contributed by atoms with van der Waals surface area (Å²) in [5.41, 5.74) is 15.0. The normalized spacial score (nSPS) is 13.7. The second-order valence-corrected chi connectivity index (χ2v) is 15.9. The molecule has 0 N–H and O–H groups in total. The van der Waals surface area contributed by atoms with Crippen LogP contribution in [0.4, 0.5) is 34.1 Å². The van der Waals surface area contributed by atoms with Gasteiger partial charge in [-0.1, -0.05) is 140 Å². The summed E-state index contributed by atoms with van der Waals surface area (Å²) in [5, 5.41) is 7.54. The summed E-state index contributed by atoms with van der Waals surface area (Å²) >= 11 is 0. The highest BCUT2D eigenvalue weighted by Gasteiger charge is 2.24. The van der Waals surface area contributed by atoms with Gasteiger partial charge in [0.2, 0.25) is 0 Å². The molecule has 2 aliphatic rings. The van der Waals surface area contributed by atoms with E-state index in [1.165, 1.54) is 65.7 Å². The summed E-state index contributed by atoms with van der Waals surface area (Å²) in [7, 11) is 0. The van der Waals surface area contributed by atoms with E-state index >= 15 is 0 Å². The molecule has 0 heterocycles. The van der Waals surface area contributed by atoms with Crippen LogP contribution < -0.4 is 9.80 Å². The van der Waals surface area contributed by atoms with Crippen LogP contribution in [0.25, 0.3) is 49.0 Å². The van der Waals surface area contributed by atoms with Crippen molar-refractivity contribution in [1.29, 1.82) is 0 Å². The predicted octanol–water partition coefficient (Wildman–Crippen LogP) is 16.6. The lowest BCUT2D eigenvalue weighted by atomic mass is 9.80. The SMILES string of the molecule is C1=CC2=C(C=C(c3c4cc(N(c5ccccc5)c5ccccc5)ccc4c(-c4ccc5ccccc5c4)c4cc(N(c5ccccc5)c5ccccc5)ccc34)CC2)CC1. The second kappa shape index (κ2) is 15.4. The van der Waals surface area contributed by atoms with Gasteiger partial charge in [-0.3, -0.25) is 0 Å². The summed E-state index contributed by atoms with van der Waals surface area (Å²) in [6.07, 6.45) is 11.5. The number of hydrogen-bond acceptors (Lipinski definition) is 2. The van der Waals surface area contributed by atoms with E-state index in [4.69, 9.17) is 0 Å². The van der Waals surface area contributed by atoms with Crippen molar-refractivity contribution in [3.63, 3.8) is 0 Å². The first-order valence-electron chi connectivity index (χ1n) is 21.2. The third-order valence-electron chi connectivity index (χ3n) is 12.3. The highest BCUT2D eigenvalue weighted by Crippen LogP contribution is 2.49. The summed E-state index contributed by atoms with van der Waals surface area (Å²) < 4.78 is 0. The minimum atomic E-state index is 0.996. The molecule has 60 heavy (non-hydrogen) atoms. The van der Waals surface area contributed by atoms with Crippen LogP contribution in [0.15, 0.2) is 230 Å². The maximum Gasteiger partial charge on any atom is 0.0468 e. The highest BCUT2D eigenvalue weighted by molar-refractivity contribution is 6.20. The van der Waals surface area contributed by atoms with Gasteiger partial charge in [0.05, 0.1) is 0 Å². The minimum absolute atomic E-state index is 0.996. The quantitative estimate of drug-likeness (QED) is 0.142. The largest absolute Gasteiger partial charge is 0.310 e. The summed E-state index contributed by atoms with van der Waals surface area (Å²) in [5.74, 6) is 0. The number of benzene rings is 9. The maximum absolute atomic E-state index is 2.54. The molecule has 9 aromatic rings. The molecule has 2 heteroatoms. The Bertz CT molecular complexity index is 3050. The topological polar surface area (TPSA) is 6.48 Å². The highest BCUT2D eigenvalue weighted by atomic mass is 15.1.